The van der Waals surface area contributed by atoms with Gasteiger partial charge in [0.05, 0.1) is 16.1 Å². The van der Waals surface area contributed by atoms with Gasteiger partial charge < -0.3 is 5.11 Å². The first kappa shape index (κ1) is 17.5. The zero-order chi connectivity index (χ0) is 17.4. The molecule has 5 heteroatoms. The standard InChI is InChI=1S/C19H26O4S/c1-2-12-24(22,23)15-8-9-17(19(10-11-19)18(20)21)16(13-15)14-6-4-3-5-7-14/h8-9,13-14H,2-7,10-12H2,1H3,(H,20,21). The van der Waals surface area contributed by atoms with Crippen molar-refractivity contribution in [2.75, 3.05) is 5.75 Å². The summed E-state index contributed by atoms with van der Waals surface area (Å²) in [4.78, 5) is 12.1. The van der Waals surface area contributed by atoms with Crippen molar-refractivity contribution < 1.29 is 18.3 Å². The summed E-state index contributed by atoms with van der Waals surface area (Å²) in [6, 6.07) is 5.20. The Morgan fingerprint density at radius 1 is 1.21 bits per heavy atom. The molecular formula is C19H26O4S. The third-order valence-electron chi connectivity index (χ3n) is 5.57. The second-order valence-corrected chi connectivity index (χ2v) is 9.40. The van der Waals surface area contributed by atoms with E-state index in [2.05, 4.69) is 0 Å². The lowest BCUT2D eigenvalue weighted by molar-refractivity contribution is -0.140. The molecule has 3 rings (SSSR count). The van der Waals surface area contributed by atoms with E-state index in [0.29, 0.717) is 30.1 Å². The molecule has 2 aliphatic rings. The van der Waals surface area contributed by atoms with E-state index in [1.165, 1.54) is 6.42 Å². The first-order chi connectivity index (χ1) is 11.4. The summed E-state index contributed by atoms with van der Waals surface area (Å²) in [6.07, 6.45) is 7.43. The molecule has 2 saturated carbocycles. The van der Waals surface area contributed by atoms with Crippen LogP contribution < -0.4 is 0 Å². The number of benzene rings is 1. The SMILES string of the molecule is CCCS(=O)(=O)c1ccc(C2(C(=O)O)CC2)c(C2CCCCC2)c1. The van der Waals surface area contributed by atoms with Gasteiger partial charge in [0, 0.05) is 0 Å². The molecule has 1 N–H and O–H groups in total. The van der Waals surface area contributed by atoms with Crippen molar-refractivity contribution in [1.82, 2.24) is 0 Å². The maximum absolute atomic E-state index is 12.5. The van der Waals surface area contributed by atoms with E-state index in [4.69, 9.17) is 0 Å². The van der Waals surface area contributed by atoms with E-state index in [1.807, 2.05) is 6.92 Å². The molecule has 0 spiro atoms. The van der Waals surface area contributed by atoms with Gasteiger partial charge in [-0.25, -0.2) is 8.42 Å². The minimum atomic E-state index is -3.28. The van der Waals surface area contributed by atoms with Crippen LogP contribution in [0.2, 0.25) is 0 Å². The van der Waals surface area contributed by atoms with Gasteiger partial charge in [0.2, 0.25) is 0 Å². The zero-order valence-electron chi connectivity index (χ0n) is 14.3. The van der Waals surface area contributed by atoms with E-state index in [9.17, 15) is 18.3 Å². The molecular weight excluding hydrogens is 324 g/mol. The van der Waals surface area contributed by atoms with Gasteiger partial charge in [-0.05, 0) is 61.3 Å². The molecule has 0 heterocycles. The van der Waals surface area contributed by atoms with E-state index >= 15 is 0 Å². The summed E-state index contributed by atoms with van der Waals surface area (Å²) < 4.78 is 24.9. The lowest BCUT2D eigenvalue weighted by Crippen LogP contribution is -2.23. The average Bonchev–Trinajstić information content (AvgIpc) is 3.37. The van der Waals surface area contributed by atoms with Crippen molar-refractivity contribution in [3.63, 3.8) is 0 Å². The summed E-state index contributed by atoms with van der Waals surface area (Å²) >= 11 is 0. The molecule has 0 saturated heterocycles. The monoisotopic (exact) mass is 350 g/mol. The Hall–Kier alpha value is -1.36. The van der Waals surface area contributed by atoms with Gasteiger partial charge in [-0.1, -0.05) is 32.3 Å². The Kier molecular flexibility index (Phi) is 4.73. The molecule has 0 unspecified atom stereocenters. The van der Waals surface area contributed by atoms with Gasteiger partial charge in [0.1, 0.15) is 0 Å². The maximum Gasteiger partial charge on any atom is 0.314 e. The molecule has 1 aromatic carbocycles. The smallest absolute Gasteiger partial charge is 0.314 e. The van der Waals surface area contributed by atoms with E-state index in [0.717, 1.165) is 36.8 Å². The van der Waals surface area contributed by atoms with Gasteiger partial charge >= 0.3 is 5.97 Å². The van der Waals surface area contributed by atoms with Crippen LogP contribution in [0.25, 0.3) is 0 Å². The highest BCUT2D eigenvalue weighted by Crippen LogP contribution is 2.52. The lowest BCUT2D eigenvalue weighted by Gasteiger charge is -2.27. The minimum Gasteiger partial charge on any atom is -0.481 e. The average molecular weight is 350 g/mol. The van der Waals surface area contributed by atoms with Crippen LogP contribution in [0.4, 0.5) is 0 Å². The number of carbonyl (C=O) groups is 1. The van der Waals surface area contributed by atoms with Crippen molar-refractivity contribution in [3.8, 4) is 0 Å². The summed E-state index contributed by atoms with van der Waals surface area (Å²) in [5, 5.41) is 9.68. The molecule has 2 fully saturated rings. The Morgan fingerprint density at radius 2 is 1.88 bits per heavy atom. The molecule has 2 aliphatic carbocycles. The number of sulfone groups is 1. The predicted octanol–water partition coefficient (Wildman–Crippen LogP) is 4.03. The maximum atomic E-state index is 12.5. The number of carboxylic acids is 1. The van der Waals surface area contributed by atoms with Crippen LogP contribution >= 0.6 is 0 Å². The number of hydrogen-bond donors (Lipinski definition) is 1. The van der Waals surface area contributed by atoms with Gasteiger partial charge in [-0.3, -0.25) is 4.79 Å². The van der Waals surface area contributed by atoms with E-state index in [1.54, 1.807) is 18.2 Å². The van der Waals surface area contributed by atoms with Crippen molar-refractivity contribution in [3.05, 3.63) is 29.3 Å². The van der Waals surface area contributed by atoms with Gasteiger partial charge in [-0.15, -0.1) is 0 Å². The Bertz CT molecular complexity index is 726. The Balaban J connectivity index is 2.08. The van der Waals surface area contributed by atoms with E-state index < -0.39 is 21.2 Å². The molecule has 0 radical (unpaired) electrons. The second-order valence-electron chi connectivity index (χ2n) is 7.29. The first-order valence-corrected chi connectivity index (χ1v) is 10.7. The first-order valence-electron chi connectivity index (χ1n) is 9.01. The quantitative estimate of drug-likeness (QED) is 0.840. The van der Waals surface area contributed by atoms with Crippen LogP contribution in [0.3, 0.4) is 0 Å². The van der Waals surface area contributed by atoms with Crippen LogP contribution in [0.1, 0.15) is 75.3 Å². The number of carboxylic acid groups (broad SMARTS) is 1. The van der Waals surface area contributed by atoms with Crippen LogP contribution in [0.5, 0.6) is 0 Å². The highest BCUT2D eigenvalue weighted by Gasteiger charge is 2.53. The predicted molar refractivity (Wildman–Crippen MR) is 93.2 cm³/mol. The highest BCUT2D eigenvalue weighted by atomic mass is 32.2. The summed E-state index contributed by atoms with van der Waals surface area (Å²) in [5.74, 6) is -0.341. The van der Waals surface area contributed by atoms with Gasteiger partial charge in [-0.2, -0.15) is 0 Å². The lowest BCUT2D eigenvalue weighted by atomic mass is 9.78. The number of aliphatic carboxylic acids is 1. The van der Waals surface area contributed by atoms with Crippen LogP contribution in [0.15, 0.2) is 23.1 Å². The summed E-state index contributed by atoms with van der Waals surface area (Å²) in [5.41, 5.74) is 1.06. The fourth-order valence-electron chi connectivity index (χ4n) is 4.03. The van der Waals surface area contributed by atoms with Crippen LogP contribution in [-0.2, 0) is 20.0 Å². The molecule has 1 aromatic rings. The summed E-state index contributed by atoms with van der Waals surface area (Å²) in [6.45, 7) is 1.86. The fraction of sp³-hybridized carbons (Fsp3) is 0.632. The number of rotatable bonds is 6. The molecule has 0 atom stereocenters. The topological polar surface area (TPSA) is 71.4 Å². The Labute approximate surface area is 144 Å². The molecule has 0 amide bonds. The van der Waals surface area contributed by atoms with Crippen molar-refractivity contribution >= 4 is 15.8 Å². The molecule has 24 heavy (non-hydrogen) atoms. The largest absolute Gasteiger partial charge is 0.481 e. The third-order valence-corrected chi connectivity index (χ3v) is 7.49. The van der Waals surface area contributed by atoms with Crippen LogP contribution in [-0.4, -0.2) is 25.2 Å². The molecule has 132 valence electrons. The summed E-state index contributed by atoms with van der Waals surface area (Å²) in [7, 11) is -3.28. The molecule has 0 aromatic heterocycles. The van der Waals surface area contributed by atoms with E-state index in [-0.39, 0.29) is 5.75 Å². The zero-order valence-corrected chi connectivity index (χ0v) is 15.1. The van der Waals surface area contributed by atoms with Gasteiger partial charge in [0.15, 0.2) is 9.84 Å². The van der Waals surface area contributed by atoms with Gasteiger partial charge in [0.25, 0.3) is 0 Å². The third kappa shape index (κ3) is 3.10. The van der Waals surface area contributed by atoms with Crippen molar-refractivity contribution in [2.24, 2.45) is 0 Å². The Morgan fingerprint density at radius 3 is 2.42 bits per heavy atom. The second kappa shape index (κ2) is 6.51. The molecule has 0 bridgehead atoms. The highest BCUT2D eigenvalue weighted by molar-refractivity contribution is 7.91. The van der Waals surface area contributed by atoms with Crippen molar-refractivity contribution in [2.45, 2.75) is 74.5 Å². The molecule has 0 aliphatic heterocycles. The minimum absolute atomic E-state index is 0.139. The molecule has 4 nitrogen and oxygen atoms in total. The number of hydrogen-bond acceptors (Lipinski definition) is 3. The normalized spacial score (nSPS) is 20.7. The van der Waals surface area contributed by atoms with Crippen molar-refractivity contribution in [1.29, 1.82) is 0 Å². The van der Waals surface area contributed by atoms with Crippen LogP contribution in [0, 0.1) is 0 Å². The fourth-order valence-corrected chi connectivity index (χ4v) is 5.39.